The van der Waals surface area contributed by atoms with Crippen LogP contribution < -0.4 is 0 Å². The number of carbonyl (C=O) groups excluding carboxylic acids is 1. The molecular weight excluding hydrogens is 352 g/mol. The molecule has 0 spiro atoms. The molecule has 0 aliphatic carbocycles. The SMILES string of the molecule is CCOC(=O)C(c1ccccc1)S(=O)c1ccccc1Br. The van der Waals surface area contributed by atoms with E-state index < -0.39 is 22.0 Å². The van der Waals surface area contributed by atoms with Gasteiger partial charge in [0.05, 0.1) is 22.3 Å². The number of benzene rings is 2. The minimum absolute atomic E-state index is 0.259. The molecule has 0 saturated heterocycles. The topological polar surface area (TPSA) is 43.4 Å². The normalized spacial score (nSPS) is 13.4. The van der Waals surface area contributed by atoms with E-state index in [2.05, 4.69) is 15.9 Å². The van der Waals surface area contributed by atoms with E-state index in [4.69, 9.17) is 4.74 Å². The Hall–Kier alpha value is -1.46. The summed E-state index contributed by atoms with van der Waals surface area (Å²) in [4.78, 5) is 12.8. The second-order valence-corrected chi connectivity index (χ2v) is 6.63. The zero-order chi connectivity index (χ0) is 15.2. The quantitative estimate of drug-likeness (QED) is 0.754. The van der Waals surface area contributed by atoms with Crippen molar-refractivity contribution in [2.45, 2.75) is 17.1 Å². The maximum absolute atomic E-state index is 12.9. The lowest BCUT2D eigenvalue weighted by Gasteiger charge is -2.16. The Kier molecular flexibility index (Phi) is 5.70. The lowest BCUT2D eigenvalue weighted by Crippen LogP contribution is -2.20. The van der Waals surface area contributed by atoms with Crippen molar-refractivity contribution in [1.82, 2.24) is 0 Å². The van der Waals surface area contributed by atoms with Gasteiger partial charge in [0.2, 0.25) is 0 Å². The van der Waals surface area contributed by atoms with Crippen molar-refractivity contribution in [2.75, 3.05) is 6.61 Å². The van der Waals surface area contributed by atoms with Crippen molar-refractivity contribution in [2.24, 2.45) is 0 Å². The predicted molar refractivity (Wildman–Crippen MR) is 86.4 cm³/mol. The van der Waals surface area contributed by atoms with Crippen LogP contribution in [-0.4, -0.2) is 16.8 Å². The molecule has 0 radical (unpaired) electrons. The molecule has 2 atom stereocenters. The van der Waals surface area contributed by atoms with Gasteiger partial charge in [-0.25, -0.2) is 0 Å². The van der Waals surface area contributed by atoms with E-state index in [1.165, 1.54) is 0 Å². The van der Waals surface area contributed by atoms with Crippen molar-refractivity contribution >= 4 is 32.7 Å². The lowest BCUT2D eigenvalue weighted by molar-refractivity contribution is -0.142. The predicted octanol–water partition coefficient (Wildman–Crippen LogP) is 3.86. The molecule has 2 aromatic rings. The van der Waals surface area contributed by atoms with Gasteiger partial charge in [-0.3, -0.25) is 9.00 Å². The molecule has 110 valence electrons. The van der Waals surface area contributed by atoms with Gasteiger partial charge in [0, 0.05) is 4.47 Å². The zero-order valence-electron chi connectivity index (χ0n) is 11.5. The number of halogens is 1. The third-order valence-corrected chi connectivity index (χ3v) is 5.51. The third kappa shape index (κ3) is 3.80. The molecule has 21 heavy (non-hydrogen) atoms. The van der Waals surface area contributed by atoms with Gasteiger partial charge in [-0.2, -0.15) is 0 Å². The molecule has 0 N–H and O–H groups in total. The highest BCUT2D eigenvalue weighted by atomic mass is 79.9. The van der Waals surface area contributed by atoms with E-state index in [9.17, 15) is 9.00 Å². The van der Waals surface area contributed by atoms with Gasteiger partial charge in [-0.15, -0.1) is 0 Å². The third-order valence-electron chi connectivity index (χ3n) is 2.87. The summed E-state index contributed by atoms with van der Waals surface area (Å²) in [7, 11) is -1.54. The lowest BCUT2D eigenvalue weighted by atomic mass is 10.1. The number of esters is 1. The summed E-state index contributed by atoms with van der Waals surface area (Å²) in [6.45, 7) is 2.00. The van der Waals surface area contributed by atoms with Gasteiger partial charge in [-0.1, -0.05) is 42.5 Å². The van der Waals surface area contributed by atoms with E-state index in [1.807, 2.05) is 24.3 Å². The molecule has 0 aromatic heterocycles. The molecule has 2 rings (SSSR count). The fourth-order valence-electron chi connectivity index (χ4n) is 1.93. The first-order valence-corrected chi connectivity index (χ1v) is 8.52. The molecule has 0 saturated carbocycles. The van der Waals surface area contributed by atoms with Gasteiger partial charge in [0.15, 0.2) is 5.25 Å². The maximum atomic E-state index is 12.9. The molecule has 0 amide bonds. The Labute approximate surface area is 134 Å². The molecule has 0 heterocycles. The summed E-state index contributed by atoms with van der Waals surface area (Å²) < 4.78 is 18.7. The first-order valence-electron chi connectivity index (χ1n) is 6.51. The van der Waals surface area contributed by atoms with Crippen LogP contribution in [0.1, 0.15) is 17.7 Å². The van der Waals surface area contributed by atoms with Gasteiger partial charge < -0.3 is 4.74 Å². The molecule has 2 unspecified atom stereocenters. The van der Waals surface area contributed by atoms with Crippen molar-refractivity contribution in [3.05, 3.63) is 64.6 Å². The fraction of sp³-hybridized carbons (Fsp3) is 0.188. The summed E-state index contributed by atoms with van der Waals surface area (Å²) in [6.07, 6.45) is 0. The molecule has 0 aliphatic rings. The summed E-state index contributed by atoms with van der Waals surface area (Å²) in [5.41, 5.74) is 0.685. The average Bonchev–Trinajstić information content (AvgIpc) is 2.49. The highest BCUT2D eigenvalue weighted by Gasteiger charge is 2.30. The van der Waals surface area contributed by atoms with E-state index in [0.29, 0.717) is 14.9 Å². The highest BCUT2D eigenvalue weighted by molar-refractivity contribution is 9.10. The highest BCUT2D eigenvalue weighted by Crippen LogP contribution is 2.30. The smallest absolute Gasteiger partial charge is 0.326 e. The molecular formula is C16H15BrO3S. The van der Waals surface area contributed by atoms with Crippen molar-refractivity contribution < 1.29 is 13.7 Å². The van der Waals surface area contributed by atoms with Crippen molar-refractivity contribution in [3.8, 4) is 0 Å². The van der Waals surface area contributed by atoms with Crippen LogP contribution in [0, 0.1) is 0 Å². The Morgan fingerprint density at radius 3 is 2.38 bits per heavy atom. The monoisotopic (exact) mass is 366 g/mol. The van der Waals surface area contributed by atoms with Gasteiger partial charge in [0.1, 0.15) is 0 Å². The molecule has 0 aliphatic heterocycles. The summed E-state index contributed by atoms with van der Waals surface area (Å²) in [6, 6.07) is 16.3. The van der Waals surface area contributed by atoms with E-state index >= 15 is 0 Å². The standard InChI is InChI=1S/C16H15BrO3S/c1-2-20-16(18)15(12-8-4-3-5-9-12)21(19)14-11-7-6-10-13(14)17/h3-11,15H,2H2,1H3. The number of hydrogen-bond acceptors (Lipinski definition) is 3. The summed E-state index contributed by atoms with van der Waals surface area (Å²) in [5, 5.41) is -0.829. The van der Waals surface area contributed by atoms with E-state index in [-0.39, 0.29) is 6.61 Å². The number of carbonyl (C=O) groups is 1. The maximum Gasteiger partial charge on any atom is 0.326 e. The van der Waals surface area contributed by atoms with Crippen molar-refractivity contribution in [1.29, 1.82) is 0 Å². The Morgan fingerprint density at radius 2 is 1.76 bits per heavy atom. The molecule has 0 fully saturated rings. The molecule has 0 bridgehead atoms. The van der Waals surface area contributed by atoms with Gasteiger partial charge >= 0.3 is 5.97 Å². The van der Waals surface area contributed by atoms with E-state index in [0.717, 1.165) is 0 Å². The van der Waals surface area contributed by atoms with Crippen LogP contribution in [0.2, 0.25) is 0 Å². The van der Waals surface area contributed by atoms with Crippen LogP contribution in [0.4, 0.5) is 0 Å². The number of rotatable bonds is 5. The summed E-state index contributed by atoms with van der Waals surface area (Å²) >= 11 is 3.38. The molecule has 5 heteroatoms. The largest absolute Gasteiger partial charge is 0.465 e. The zero-order valence-corrected chi connectivity index (χ0v) is 13.9. The van der Waals surface area contributed by atoms with Crippen LogP contribution in [0.25, 0.3) is 0 Å². The van der Waals surface area contributed by atoms with E-state index in [1.54, 1.807) is 37.3 Å². The molecule has 3 nitrogen and oxygen atoms in total. The minimum atomic E-state index is -1.54. The average molecular weight is 367 g/mol. The second-order valence-electron chi connectivity index (χ2n) is 4.27. The van der Waals surface area contributed by atoms with Crippen LogP contribution in [0.5, 0.6) is 0 Å². The first-order chi connectivity index (χ1) is 10.1. The van der Waals surface area contributed by atoms with Gasteiger partial charge in [0.25, 0.3) is 0 Å². The van der Waals surface area contributed by atoms with Crippen LogP contribution >= 0.6 is 15.9 Å². The second kappa shape index (κ2) is 7.52. The minimum Gasteiger partial charge on any atom is -0.465 e. The Bertz CT molecular complexity index is 643. The summed E-state index contributed by atoms with van der Waals surface area (Å²) in [5.74, 6) is -0.474. The van der Waals surface area contributed by atoms with Crippen LogP contribution in [0.15, 0.2) is 64.0 Å². The van der Waals surface area contributed by atoms with Gasteiger partial charge in [-0.05, 0) is 40.5 Å². The fourth-order valence-corrected chi connectivity index (χ4v) is 4.07. The van der Waals surface area contributed by atoms with Crippen molar-refractivity contribution in [3.63, 3.8) is 0 Å². The Morgan fingerprint density at radius 1 is 1.14 bits per heavy atom. The van der Waals surface area contributed by atoms with Crippen LogP contribution in [0.3, 0.4) is 0 Å². The van der Waals surface area contributed by atoms with Crippen LogP contribution in [-0.2, 0) is 20.3 Å². The first kappa shape index (κ1) is 15.9. The molecule has 2 aromatic carbocycles. The number of ether oxygens (including phenoxy) is 1. The Balaban J connectivity index is 2.43. The number of hydrogen-bond donors (Lipinski definition) is 0.